The van der Waals surface area contributed by atoms with Gasteiger partial charge in [-0.2, -0.15) is 0 Å². The molecule has 0 unspecified atom stereocenters. The number of amides is 3. The Morgan fingerprint density at radius 2 is 1.63 bits per heavy atom. The highest BCUT2D eigenvalue weighted by molar-refractivity contribution is 6.80. The molecule has 3 amide bonds. The molecule has 3 aliphatic heterocycles. The molecule has 52 heavy (non-hydrogen) atoms. The molecule has 3 saturated carbocycles. The molecule has 7 aliphatic rings. The van der Waals surface area contributed by atoms with Gasteiger partial charge in [-0.1, -0.05) is 52.1 Å². The first-order valence-electron chi connectivity index (χ1n) is 21.5. The second-order valence-corrected chi connectivity index (χ2v) is 23.7. The van der Waals surface area contributed by atoms with Crippen molar-refractivity contribution in [3.8, 4) is 0 Å². The third-order valence-electron chi connectivity index (χ3n) is 15.5. The molecule has 292 valence electrons. The Balaban J connectivity index is 1.15. The lowest BCUT2D eigenvalue weighted by Gasteiger charge is -2.45. The maximum atomic E-state index is 15.3. The van der Waals surface area contributed by atoms with E-state index in [1.807, 2.05) is 12.0 Å². The topological polar surface area (TPSA) is 99.6 Å². The molecule has 1 N–H and O–H groups in total. The van der Waals surface area contributed by atoms with Gasteiger partial charge >= 0.3 is 0 Å². The number of nitrogens with zero attached hydrogens (tertiary/aromatic N) is 3. The van der Waals surface area contributed by atoms with Crippen LogP contribution in [0.1, 0.15) is 129 Å². The van der Waals surface area contributed by atoms with Gasteiger partial charge in [0.2, 0.25) is 11.8 Å². The number of carbonyl (C=O) groups is 3. The first-order chi connectivity index (χ1) is 25.1. The Morgan fingerprint density at radius 3 is 2.27 bits per heavy atom. The van der Waals surface area contributed by atoms with Gasteiger partial charge < -0.3 is 29.3 Å². The summed E-state index contributed by atoms with van der Waals surface area (Å²) in [5.74, 6) is 1.47. The lowest BCUT2D eigenvalue weighted by molar-refractivity contribution is -0.152. The maximum absolute atomic E-state index is 15.3. The minimum Gasteiger partial charge on any atom is -0.395 e. The fraction of sp³-hybridized carbons (Fsp3) is 0.881. The van der Waals surface area contributed by atoms with E-state index in [-0.39, 0.29) is 36.0 Å². The Bertz CT molecular complexity index is 1330. The van der Waals surface area contributed by atoms with Gasteiger partial charge in [-0.25, -0.2) is 0 Å². The average molecular weight is 740 g/mol. The molecular formula is C42H69N3O6Si. The van der Waals surface area contributed by atoms with Gasteiger partial charge in [0.1, 0.15) is 0 Å². The van der Waals surface area contributed by atoms with Crippen LogP contribution >= 0.6 is 0 Å². The predicted octanol–water partition coefficient (Wildman–Crippen LogP) is 7.05. The standard InChI is InChI=1S/C42H69N3O6Si/c1-29-40(52(3,4)34-20-18-33(50-2)19-21-34)37(26-39(48)43(24-25-46)27-30-10-6-5-7-11-30)51-42(29)35-12-8-9-13-36(35)45(41(42)49)28-31-14-16-32(17-15-31)44-23-22-38(44)47/h29-34,37,40,46H,5-28H2,1-4H3/t29-,31?,32?,33?,34?,37+,40-,42+/m1/s1. The van der Waals surface area contributed by atoms with E-state index < -0.39 is 13.7 Å². The number of aliphatic hydroxyl groups is 1. The van der Waals surface area contributed by atoms with Gasteiger partial charge in [0.15, 0.2) is 5.60 Å². The van der Waals surface area contributed by atoms with Crippen LogP contribution in [0.3, 0.4) is 0 Å². The molecule has 0 aromatic heterocycles. The highest BCUT2D eigenvalue weighted by Crippen LogP contribution is 2.61. The Labute approximate surface area is 314 Å². The van der Waals surface area contributed by atoms with E-state index in [0.29, 0.717) is 54.8 Å². The number of β-lactam (4-membered cyclic amide) rings is 1. The summed E-state index contributed by atoms with van der Waals surface area (Å²) in [7, 11) is -0.257. The summed E-state index contributed by atoms with van der Waals surface area (Å²) in [5, 5.41) is 10.1. The normalized spacial score (nSPS) is 36.1. The highest BCUT2D eigenvalue weighted by atomic mass is 28.3. The molecule has 0 radical (unpaired) electrons. The lowest BCUT2D eigenvalue weighted by atomic mass is 9.78. The minimum absolute atomic E-state index is 0.00511. The fourth-order valence-corrected chi connectivity index (χ4v) is 17.5. The van der Waals surface area contributed by atoms with Crippen molar-refractivity contribution in [2.45, 2.75) is 177 Å². The van der Waals surface area contributed by atoms with Crippen molar-refractivity contribution in [3.63, 3.8) is 0 Å². The number of aliphatic hydroxyl groups excluding tert-OH is 1. The Hall–Kier alpha value is -1.75. The van der Waals surface area contributed by atoms with Crippen molar-refractivity contribution in [1.82, 2.24) is 14.7 Å². The molecule has 10 heteroatoms. The monoisotopic (exact) mass is 739 g/mol. The SMILES string of the molecule is COC1CCC([Si](C)(C)[C@H]2[C@H](CC(=O)N(CCO)CC3CCCCC3)O[C@@]3(C(=O)N(CC4CCC(N5CCC5=O)CC4)C4=C3CCCC4)[C@@H]2C)CC1. The number of likely N-dealkylation sites (tertiary alicyclic amines) is 1. The molecule has 7 rings (SSSR count). The minimum atomic E-state index is -2.09. The van der Waals surface area contributed by atoms with Gasteiger partial charge in [0.05, 0.1) is 33.3 Å². The van der Waals surface area contributed by atoms with Crippen molar-refractivity contribution >= 4 is 25.8 Å². The first kappa shape index (κ1) is 38.5. The molecular weight excluding hydrogens is 671 g/mol. The summed E-state index contributed by atoms with van der Waals surface area (Å²) in [6, 6.07) is 0.370. The number of carbonyl (C=O) groups excluding carboxylic acids is 3. The molecule has 3 heterocycles. The maximum Gasteiger partial charge on any atom is 0.263 e. The largest absolute Gasteiger partial charge is 0.395 e. The van der Waals surface area contributed by atoms with Crippen LogP contribution in [0.25, 0.3) is 0 Å². The van der Waals surface area contributed by atoms with E-state index in [2.05, 4.69) is 29.8 Å². The zero-order chi connectivity index (χ0) is 36.6. The van der Waals surface area contributed by atoms with Crippen molar-refractivity contribution in [2.24, 2.45) is 17.8 Å². The molecule has 4 aliphatic carbocycles. The van der Waals surface area contributed by atoms with Gasteiger partial charge in [0, 0.05) is 57.4 Å². The molecule has 0 aromatic rings. The Morgan fingerprint density at radius 1 is 0.923 bits per heavy atom. The lowest BCUT2D eigenvalue weighted by Crippen LogP contribution is -2.52. The van der Waals surface area contributed by atoms with Gasteiger partial charge in [-0.15, -0.1) is 0 Å². The quantitative estimate of drug-likeness (QED) is 0.170. The second-order valence-electron chi connectivity index (χ2n) is 18.6. The fourth-order valence-electron chi connectivity index (χ4n) is 12.5. The summed E-state index contributed by atoms with van der Waals surface area (Å²) >= 11 is 0. The van der Waals surface area contributed by atoms with Gasteiger partial charge in [-0.3, -0.25) is 14.4 Å². The van der Waals surface area contributed by atoms with Crippen LogP contribution < -0.4 is 0 Å². The van der Waals surface area contributed by atoms with Crippen LogP contribution in [-0.2, 0) is 23.9 Å². The number of fused-ring (bicyclic) bond motifs is 1. The van der Waals surface area contributed by atoms with E-state index in [1.165, 1.54) is 30.5 Å². The molecule has 0 bridgehead atoms. The summed E-state index contributed by atoms with van der Waals surface area (Å²) in [4.78, 5) is 48.0. The van der Waals surface area contributed by atoms with Crippen LogP contribution in [0, 0.1) is 17.8 Å². The van der Waals surface area contributed by atoms with Crippen LogP contribution in [0.4, 0.5) is 0 Å². The molecule has 2 saturated heterocycles. The molecule has 0 aromatic carbocycles. The third kappa shape index (κ3) is 7.21. The number of methoxy groups -OCH3 is 1. The predicted molar refractivity (Wildman–Crippen MR) is 205 cm³/mol. The number of ether oxygens (including phenoxy) is 2. The summed E-state index contributed by atoms with van der Waals surface area (Å²) < 4.78 is 13.2. The zero-order valence-corrected chi connectivity index (χ0v) is 33.9. The van der Waals surface area contributed by atoms with Gasteiger partial charge in [0.25, 0.3) is 5.91 Å². The number of hydrogen-bond acceptors (Lipinski definition) is 6. The molecule has 1 spiro atoms. The molecule has 4 atom stereocenters. The van der Waals surface area contributed by atoms with E-state index in [1.54, 1.807) is 0 Å². The zero-order valence-electron chi connectivity index (χ0n) is 32.9. The number of allylic oxidation sites excluding steroid dienone is 1. The molecule has 9 nitrogen and oxygen atoms in total. The van der Waals surface area contributed by atoms with Crippen molar-refractivity contribution in [2.75, 3.05) is 39.9 Å². The first-order valence-corrected chi connectivity index (χ1v) is 24.7. The van der Waals surface area contributed by atoms with Crippen LogP contribution in [0.15, 0.2) is 11.3 Å². The van der Waals surface area contributed by atoms with Gasteiger partial charge in [-0.05, 0) is 106 Å². The van der Waals surface area contributed by atoms with Crippen LogP contribution in [-0.4, -0.2) is 109 Å². The van der Waals surface area contributed by atoms with E-state index in [9.17, 15) is 14.7 Å². The highest BCUT2D eigenvalue weighted by Gasteiger charge is 2.67. The summed E-state index contributed by atoms with van der Waals surface area (Å²) in [6.07, 6.45) is 19.7. The van der Waals surface area contributed by atoms with Crippen molar-refractivity contribution in [3.05, 3.63) is 11.3 Å². The average Bonchev–Trinajstić information content (AvgIpc) is 3.58. The van der Waals surface area contributed by atoms with E-state index >= 15 is 4.79 Å². The second kappa shape index (κ2) is 16.2. The number of hydrogen-bond donors (Lipinski definition) is 1. The smallest absolute Gasteiger partial charge is 0.263 e. The number of rotatable bonds is 12. The Kier molecular flexibility index (Phi) is 12.0. The summed E-state index contributed by atoms with van der Waals surface area (Å²) in [6.45, 7) is 10.1. The summed E-state index contributed by atoms with van der Waals surface area (Å²) in [5.41, 5.74) is 2.26. The van der Waals surface area contributed by atoms with E-state index in [4.69, 9.17) is 9.47 Å². The van der Waals surface area contributed by atoms with E-state index in [0.717, 1.165) is 110 Å². The van der Waals surface area contributed by atoms with Crippen LogP contribution in [0.2, 0.25) is 24.2 Å². The third-order valence-corrected chi connectivity index (χ3v) is 20.8. The molecule has 5 fully saturated rings. The van der Waals surface area contributed by atoms with Crippen LogP contribution in [0.5, 0.6) is 0 Å². The van der Waals surface area contributed by atoms with Crippen molar-refractivity contribution in [1.29, 1.82) is 0 Å². The van der Waals surface area contributed by atoms with Crippen molar-refractivity contribution < 1.29 is 29.0 Å².